The molecule has 0 saturated heterocycles. The number of benzene rings is 1. The Balaban J connectivity index is 2.21. The lowest BCUT2D eigenvalue weighted by molar-refractivity contribution is 0.629. The van der Waals surface area contributed by atoms with Crippen LogP contribution in [0.2, 0.25) is 0 Å². The molecule has 0 amide bonds. The second kappa shape index (κ2) is 4.42. The lowest BCUT2D eigenvalue weighted by Gasteiger charge is -2.05. The Labute approximate surface area is 108 Å². The average Bonchev–Trinajstić information content (AvgIpc) is 2.81. The number of fused-ring (bicyclic) bond motifs is 1. The zero-order chi connectivity index (χ0) is 12.5. The van der Waals surface area contributed by atoms with E-state index in [1.165, 1.54) is 23.9 Å². The maximum Gasteiger partial charge on any atom is 0.189 e. The van der Waals surface area contributed by atoms with Gasteiger partial charge in [0.1, 0.15) is 11.6 Å². The first-order chi connectivity index (χ1) is 8.78. The fourth-order valence-electron chi connectivity index (χ4n) is 1.87. The monoisotopic (exact) mass is 259 g/mol. The summed E-state index contributed by atoms with van der Waals surface area (Å²) in [6, 6.07) is 8.48. The van der Waals surface area contributed by atoms with E-state index in [0.717, 1.165) is 16.7 Å². The highest BCUT2D eigenvalue weighted by Crippen LogP contribution is 2.21. The minimum atomic E-state index is -0.249. The first-order valence-electron chi connectivity index (χ1n) is 5.42. The molecule has 0 radical (unpaired) electrons. The topological polar surface area (TPSA) is 30.7 Å². The minimum absolute atomic E-state index is 0.249. The van der Waals surface area contributed by atoms with Gasteiger partial charge >= 0.3 is 0 Å². The third-order valence-corrected chi connectivity index (χ3v) is 3.27. The maximum atomic E-state index is 13.3. The molecular weight excluding hydrogens is 249 g/mol. The van der Waals surface area contributed by atoms with Crippen molar-refractivity contribution in [3.63, 3.8) is 0 Å². The van der Waals surface area contributed by atoms with Crippen LogP contribution >= 0.6 is 11.8 Å². The van der Waals surface area contributed by atoms with Crippen LogP contribution in [0.15, 0.2) is 47.9 Å². The van der Waals surface area contributed by atoms with E-state index >= 15 is 0 Å². The summed E-state index contributed by atoms with van der Waals surface area (Å²) in [7, 11) is 0. The van der Waals surface area contributed by atoms with E-state index < -0.39 is 0 Å². The molecule has 0 aliphatic rings. The molecule has 0 saturated carbocycles. The molecule has 2 heterocycles. The van der Waals surface area contributed by atoms with E-state index in [1.54, 1.807) is 12.3 Å². The average molecular weight is 259 g/mol. The van der Waals surface area contributed by atoms with E-state index in [1.807, 2.05) is 29.2 Å². The molecule has 0 fully saturated rings. The molecule has 0 aliphatic heterocycles. The van der Waals surface area contributed by atoms with Crippen molar-refractivity contribution in [1.82, 2.24) is 14.5 Å². The standard InChI is InChI=1S/C13H10FN3S/c1-18-13-15-6-4-12(16-13)17-7-5-9-2-3-10(14)8-11(9)17/h2-8H,1H3. The molecule has 18 heavy (non-hydrogen) atoms. The van der Waals surface area contributed by atoms with Gasteiger partial charge in [0.2, 0.25) is 0 Å². The van der Waals surface area contributed by atoms with Gasteiger partial charge in [0, 0.05) is 17.8 Å². The van der Waals surface area contributed by atoms with Gasteiger partial charge in [-0.3, -0.25) is 0 Å². The maximum absolute atomic E-state index is 13.3. The SMILES string of the molecule is CSc1nccc(-n2ccc3ccc(F)cc32)n1. The van der Waals surface area contributed by atoms with Crippen molar-refractivity contribution in [1.29, 1.82) is 0 Å². The Morgan fingerprint density at radius 2 is 2.11 bits per heavy atom. The number of rotatable bonds is 2. The van der Waals surface area contributed by atoms with Crippen molar-refractivity contribution in [2.24, 2.45) is 0 Å². The van der Waals surface area contributed by atoms with Gasteiger partial charge in [-0.2, -0.15) is 0 Å². The van der Waals surface area contributed by atoms with Crippen LogP contribution in [0.3, 0.4) is 0 Å². The lowest BCUT2D eigenvalue weighted by atomic mass is 10.2. The highest BCUT2D eigenvalue weighted by Gasteiger charge is 2.06. The molecule has 3 rings (SSSR count). The molecule has 5 heteroatoms. The summed E-state index contributed by atoms with van der Waals surface area (Å²) < 4.78 is 15.2. The van der Waals surface area contributed by atoms with Crippen molar-refractivity contribution >= 4 is 22.7 Å². The Bertz CT molecular complexity index is 708. The van der Waals surface area contributed by atoms with Crippen LogP contribution in [-0.2, 0) is 0 Å². The van der Waals surface area contributed by atoms with Crippen LogP contribution in [0.1, 0.15) is 0 Å². The number of hydrogen-bond acceptors (Lipinski definition) is 3. The van der Waals surface area contributed by atoms with Crippen LogP contribution in [0.5, 0.6) is 0 Å². The molecular formula is C13H10FN3S. The quantitative estimate of drug-likeness (QED) is 0.522. The first-order valence-corrected chi connectivity index (χ1v) is 6.64. The lowest BCUT2D eigenvalue weighted by Crippen LogP contribution is -1.98. The molecule has 0 bridgehead atoms. The molecule has 1 aromatic carbocycles. The van der Waals surface area contributed by atoms with E-state index in [2.05, 4.69) is 9.97 Å². The van der Waals surface area contributed by atoms with Crippen LogP contribution in [0, 0.1) is 5.82 Å². The smallest absolute Gasteiger partial charge is 0.189 e. The van der Waals surface area contributed by atoms with Gasteiger partial charge in [-0.25, -0.2) is 14.4 Å². The van der Waals surface area contributed by atoms with E-state index in [4.69, 9.17) is 0 Å². The van der Waals surface area contributed by atoms with E-state index in [-0.39, 0.29) is 5.82 Å². The Kier molecular flexibility index (Phi) is 2.76. The predicted molar refractivity (Wildman–Crippen MR) is 70.6 cm³/mol. The largest absolute Gasteiger partial charge is 0.301 e. The molecule has 0 unspecified atom stereocenters. The number of aromatic nitrogens is 3. The molecule has 0 atom stereocenters. The number of nitrogens with zero attached hydrogens (tertiary/aromatic N) is 3. The normalized spacial score (nSPS) is 11.0. The van der Waals surface area contributed by atoms with Crippen LogP contribution < -0.4 is 0 Å². The van der Waals surface area contributed by atoms with Crippen LogP contribution in [0.4, 0.5) is 4.39 Å². The van der Waals surface area contributed by atoms with Gasteiger partial charge in [-0.1, -0.05) is 11.8 Å². The summed E-state index contributed by atoms with van der Waals surface area (Å²) >= 11 is 1.48. The van der Waals surface area contributed by atoms with E-state index in [9.17, 15) is 4.39 Å². The van der Waals surface area contributed by atoms with Crippen LogP contribution in [0.25, 0.3) is 16.7 Å². The Morgan fingerprint density at radius 3 is 2.94 bits per heavy atom. The van der Waals surface area contributed by atoms with Gasteiger partial charge in [0.05, 0.1) is 5.52 Å². The van der Waals surface area contributed by atoms with Gasteiger partial charge in [0.15, 0.2) is 5.16 Å². The summed E-state index contributed by atoms with van der Waals surface area (Å²) in [5.41, 5.74) is 0.806. The minimum Gasteiger partial charge on any atom is -0.301 e. The van der Waals surface area contributed by atoms with Crippen molar-refractivity contribution in [2.75, 3.05) is 6.26 Å². The second-order valence-electron chi connectivity index (χ2n) is 3.79. The zero-order valence-corrected chi connectivity index (χ0v) is 10.5. The fraction of sp³-hybridized carbons (Fsp3) is 0.0769. The zero-order valence-electron chi connectivity index (χ0n) is 9.67. The van der Waals surface area contributed by atoms with Gasteiger partial charge < -0.3 is 4.57 Å². The summed E-state index contributed by atoms with van der Waals surface area (Å²) in [6.45, 7) is 0. The molecule has 3 nitrogen and oxygen atoms in total. The van der Waals surface area contributed by atoms with Crippen molar-refractivity contribution < 1.29 is 4.39 Å². The summed E-state index contributed by atoms with van der Waals surface area (Å²) in [6.07, 6.45) is 5.52. The number of hydrogen-bond donors (Lipinski definition) is 0. The Hall–Kier alpha value is -1.88. The predicted octanol–water partition coefficient (Wildman–Crippen LogP) is 3.28. The number of halogens is 1. The highest BCUT2D eigenvalue weighted by atomic mass is 32.2. The molecule has 0 aliphatic carbocycles. The highest BCUT2D eigenvalue weighted by molar-refractivity contribution is 7.98. The molecule has 0 N–H and O–H groups in total. The fourth-order valence-corrected chi connectivity index (χ4v) is 2.22. The molecule has 0 spiro atoms. The van der Waals surface area contributed by atoms with E-state index in [0.29, 0.717) is 5.16 Å². The van der Waals surface area contributed by atoms with Crippen molar-refractivity contribution in [2.45, 2.75) is 5.16 Å². The first kappa shape index (κ1) is 11.2. The van der Waals surface area contributed by atoms with Crippen molar-refractivity contribution in [3.8, 4) is 5.82 Å². The van der Waals surface area contributed by atoms with Crippen LogP contribution in [-0.4, -0.2) is 20.8 Å². The third-order valence-electron chi connectivity index (χ3n) is 2.70. The molecule has 90 valence electrons. The second-order valence-corrected chi connectivity index (χ2v) is 4.56. The Morgan fingerprint density at radius 1 is 1.22 bits per heavy atom. The molecule has 3 aromatic rings. The number of thioether (sulfide) groups is 1. The van der Waals surface area contributed by atoms with Gasteiger partial charge in [-0.15, -0.1) is 0 Å². The summed E-state index contributed by atoms with van der Waals surface area (Å²) in [5.74, 6) is 0.497. The van der Waals surface area contributed by atoms with Gasteiger partial charge in [0.25, 0.3) is 0 Å². The van der Waals surface area contributed by atoms with Gasteiger partial charge in [-0.05, 0) is 36.6 Å². The molecule has 2 aromatic heterocycles. The third kappa shape index (κ3) is 1.86. The summed E-state index contributed by atoms with van der Waals surface area (Å²) in [5, 5.41) is 1.69. The van der Waals surface area contributed by atoms with Crippen molar-refractivity contribution in [3.05, 3.63) is 48.5 Å². The summed E-state index contributed by atoms with van der Waals surface area (Å²) in [4.78, 5) is 8.54.